The highest BCUT2D eigenvalue weighted by Crippen LogP contribution is 2.38. The van der Waals surface area contributed by atoms with Crippen LogP contribution in [0, 0.1) is 5.82 Å². The predicted octanol–water partition coefficient (Wildman–Crippen LogP) is 3.52. The van der Waals surface area contributed by atoms with Crippen LogP contribution >= 0.6 is 11.6 Å². The second-order valence-corrected chi connectivity index (χ2v) is 7.04. The molecule has 0 aliphatic heterocycles. The summed E-state index contributed by atoms with van der Waals surface area (Å²) in [5, 5.41) is 12.9. The third-order valence-corrected chi connectivity index (χ3v) is 4.75. The van der Waals surface area contributed by atoms with Gasteiger partial charge in [-0.3, -0.25) is 14.9 Å². The predicted molar refractivity (Wildman–Crippen MR) is 109 cm³/mol. The van der Waals surface area contributed by atoms with E-state index < -0.39 is 5.82 Å². The number of hydrogen-bond donors (Lipinski definition) is 3. The van der Waals surface area contributed by atoms with Gasteiger partial charge < -0.3 is 15.0 Å². The molecule has 0 saturated heterocycles. The Bertz CT molecular complexity index is 1180. The zero-order chi connectivity index (χ0) is 20.4. The lowest BCUT2D eigenvalue weighted by Gasteiger charge is -2.12. The topological polar surface area (TPSA) is 100 Å². The molecular formula is C19H19ClFN7O. The molecule has 1 amide bonds. The number of imidazole rings is 1. The average molecular weight is 416 g/mol. The molecule has 3 aromatic heterocycles. The fourth-order valence-electron chi connectivity index (χ4n) is 2.93. The molecule has 0 radical (unpaired) electrons. The molecule has 10 heteroatoms. The number of aromatic nitrogens is 5. The number of carbonyl (C=O) groups is 1. The van der Waals surface area contributed by atoms with Gasteiger partial charge in [0, 0.05) is 29.3 Å². The van der Waals surface area contributed by atoms with Crippen molar-refractivity contribution in [3.8, 4) is 11.3 Å². The van der Waals surface area contributed by atoms with E-state index in [1.807, 2.05) is 0 Å². The Morgan fingerprint density at radius 1 is 1.31 bits per heavy atom. The molecule has 8 nitrogen and oxygen atoms in total. The normalized spacial score (nSPS) is 12.7. The van der Waals surface area contributed by atoms with Gasteiger partial charge >= 0.3 is 0 Å². The molecule has 4 aromatic rings. The lowest BCUT2D eigenvalue weighted by Crippen LogP contribution is -2.09. The zero-order valence-electron chi connectivity index (χ0n) is 15.7. The van der Waals surface area contributed by atoms with Gasteiger partial charge in [0.1, 0.15) is 5.82 Å². The van der Waals surface area contributed by atoms with E-state index >= 15 is 0 Å². The molecule has 1 saturated carbocycles. The highest BCUT2D eigenvalue weighted by molar-refractivity contribution is 6.35. The molecule has 0 bridgehead atoms. The Kier molecular flexibility index (Phi) is 5.41. The minimum atomic E-state index is -0.524. The van der Waals surface area contributed by atoms with Crippen molar-refractivity contribution in [2.75, 3.05) is 12.4 Å². The van der Waals surface area contributed by atoms with Crippen LogP contribution < -0.4 is 10.6 Å². The standard InChI is InChI=1S/C16H13ClFN7O.C3H6/c1-19-2-9-15(18)14(17)13(8-3-22-24-16(8)9)10-5-25-6-11(21-7-26)23-12(25)4-20-10;1-2-3-1/h3-7,19H,2H2,1H3,(H,21,26)(H,22,24);1-3H2. The number of benzene rings is 1. The Morgan fingerprint density at radius 3 is 2.79 bits per heavy atom. The van der Waals surface area contributed by atoms with Crippen molar-refractivity contribution in [1.82, 2.24) is 29.9 Å². The van der Waals surface area contributed by atoms with Crippen molar-refractivity contribution in [1.29, 1.82) is 0 Å². The van der Waals surface area contributed by atoms with E-state index in [4.69, 9.17) is 11.6 Å². The highest BCUT2D eigenvalue weighted by Gasteiger charge is 2.21. The first-order valence-electron chi connectivity index (χ1n) is 9.16. The number of aromatic amines is 1. The van der Waals surface area contributed by atoms with Crippen molar-refractivity contribution in [2.24, 2.45) is 0 Å². The number of nitrogens with zero attached hydrogens (tertiary/aromatic N) is 4. The van der Waals surface area contributed by atoms with Crippen LogP contribution in [0.25, 0.3) is 27.8 Å². The first kappa shape index (κ1) is 19.3. The first-order chi connectivity index (χ1) is 14.1. The number of fused-ring (bicyclic) bond motifs is 2. The first-order valence-corrected chi connectivity index (χ1v) is 9.54. The van der Waals surface area contributed by atoms with Gasteiger partial charge in [0.05, 0.1) is 34.8 Å². The molecule has 1 aliphatic rings. The van der Waals surface area contributed by atoms with Crippen LogP contribution in [0.1, 0.15) is 24.8 Å². The van der Waals surface area contributed by atoms with Gasteiger partial charge in [0.2, 0.25) is 6.41 Å². The molecule has 0 spiro atoms. The molecule has 1 aliphatic carbocycles. The van der Waals surface area contributed by atoms with Gasteiger partial charge in [-0.05, 0) is 7.05 Å². The van der Waals surface area contributed by atoms with E-state index in [9.17, 15) is 9.18 Å². The van der Waals surface area contributed by atoms with Gasteiger partial charge in [0.25, 0.3) is 0 Å². The van der Waals surface area contributed by atoms with E-state index in [0.29, 0.717) is 52.1 Å². The molecule has 5 rings (SSSR count). The fraction of sp³-hybridized carbons (Fsp3) is 0.263. The molecule has 1 fully saturated rings. The molecule has 3 N–H and O–H groups in total. The van der Waals surface area contributed by atoms with Crippen LogP contribution in [-0.4, -0.2) is 38.0 Å². The van der Waals surface area contributed by atoms with Gasteiger partial charge in [-0.25, -0.2) is 9.37 Å². The van der Waals surface area contributed by atoms with Crippen molar-refractivity contribution in [3.63, 3.8) is 0 Å². The molecule has 1 aromatic carbocycles. The van der Waals surface area contributed by atoms with E-state index in [-0.39, 0.29) is 5.02 Å². The number of hydrogen-bond acceptors (Lipinski definition) is 5. The molecule has 150 valence electrons. The highest BCUT2D eigenvalue weighted by atomic mass is 35.5. The van der Waals surface area contributed by atoms with E-state index in [1.165, 1.54) is 25.5 Å². The van der Waals surface area contributed by atoms with Crippen LogP contribution in [0.5, 0.6) is 0 Å². The number of amides is 1. The third-order valence-electron chi connectivity index (χ3n) is 4.40. The maximum Gasteiger partial charge on any atom is 0.212 e. The Hall–Kier alpha value is -3.04. The largest absolute Gasteiger partial charge is 0.316 e. The number of rotatable bonds is 5. The smallest absolute Gasteiger partial charge is 0.212 e. The van der Waals surface area contributed by atoms with E-state index in [0.717, 1.165) is 0 Å². The van der Waals surface area contributed by atoms with Crippen LogP contribution in [0.2, 0.25) is 5.02 Å². The Balaban J connectivity index is 0.000000626. The fourth-order valence-corrected chi connectivity index (χ4v) is 3.24. The molecular weight excluding hydrogens is 397 g/mol. The van der Waals surface area contributed by atoms with Crippen molar-refractivity contribution < 1.29 is 9.18 Å². The van der Waals surface area contributed by atoms with Gasteiger partial charge in [-0.1, -0.05) is 30.9 Å². The van der Waals surface area contributed by atoms with Gasteiger partial charge in [-0.15, -0.1) is 0 Å². The zero-order valence-corrected chi connectivity index (χ0v) is 16.4. The number of carbonyl (C=O) groups excluding carboxylic acids is 1. The van der Waals surface area contributed by atoms with E-state index in [1.54, 1.807) is 30.0 Å². The molecule has 0 unspecified atom stereocenters. The minimum Gasteiger partial charge on any atom is -0.316 e. The third kappa shape index (κ3) is 3.79. The summed E-state index contributed by atoms with van der Waals surface area (Å²) in [4.78, 5) is 19.1. The maximum atomic E-state index is 14.8. The summed E-state index contributed by atoms with van der Waals surface area (Å²) in [5.74, 6) is -0.141. The number of anilines is 1. The summed E-state index contributed by atoms with van der Waals surface area (Å²) in [6.45, 7) is 0.305. The average Bonchev–Trinajstić information content (AvgIpc) is 3.43. The van der Waals surface area contributed by atoms with E-state index in [2.05, 4.69) is 30.8 Å². The maximum absolute atomic E-state index is 14.8. The number of halogens is 2. The summed E-state index contributed by atoms with van der Waals surface area (Å²) >= 11 is 6.34. The van der Waals surface area contributed by atoms with Crippen LogP contribution in [-0.2, 0) is 11.3 Å². The van der Waals surface area contributed by atoms with Crippen molar-refractivity contribution >= 4 is 40.4 Å². The Morgan fingerprint density at radius 2 is 2.10 bits per heavy atom. The lowest BCUT2D eigenvalue weighted by atomic mass is 10.0. The number of H-pyrrole nitrogens is 1. The molecule has 0 atom stereocenters. The molecule has 29 heavy (non-hydrogen) atoms. The SMILES string of the molecule is C1CC1.CNCc1c(F)c(Cl)c(-c2cn3cc(NC=O)nc3cn2)c2cn[nH]c12. The van der Waals surface area contributed by atoms with Crippen molar-refractivity contribution in [2.45, 2.75) is 25.8 Å². The van der Waals surface area contributed by atoms with Crippen LogP contribution in [0.4, 0.5) is 10.2 Å². The minimum absolute atomic E-state index is 0.0256. The number of nitrogens with one attached hydrogen (secondary N) is 3. The summed E-state index contributed by atoms with van der Waals surface area (Å²) in [6.07, 6.45) is 11.4. The Labute approximate surface area is 170 Å². The summed E-state index contributed by atoms with van der Waals surface area (Å²) in [7, 11) is 1.73. The van der Waals surface area contributed by atoms with Gasteiger partial charge in [0.15, 0.2) is 11.5 Å². The van der Waals surface area contributed by atoms with Crippen LogP contribution in [0.3, 0.4) is 0 Å². The quantitative estimate of drug-likeness (QED) is 0.433. The second-order valence-electron chi connectivity index (χ2n) is 6.66. The van der Waals surface area contributed by atoms with Crippen LogP contribution in [0.15, 0.2) is 24.8 Å². The summed E-state index contributed by atoms with van der Waals surface area (Å²) in [5.41, 5.74) is 2.40. The monoisotopic (exact) mass is 415 g/mol. The van der Waals surface area contributed by atoms with Gasteiger partial charge in [-0.2, -0.15) is 5.10 Å². The molecule has 3 heterocycles. The summed E-state index contributed by atoms with van der Waals surface area (Å²) in [6, 6.07) is 0. The summed E-state index contributed by atoms with van der Waals surface area (Å²) < 4.78 is 16.5. The second kappa shape index (κ2) is 8.14. The lowest BCUT2D eigenvalue weighted by molar-refractivity contribution is -0.105. The van der Waals surface area contributed by atoms with Crippen molar-refractivity contribution in [3.05, 3.63) is 41.2 Å².